The number of nitrogens with zero attached hydrogens (tertiary/aromatic N) is 1. The van der Waals surface area contributed by atoms with Gasteiger partial charge in [-0.1, -0.05) is 0 Å². The quantitative estimate of drug-likeness (QED) is 0.889. The molecule has 0 saturated carbocycles. The van der Waals surface area contributed by atoms with Gasteiger partial charge in [-0.15, -0.1) is 0 Å². The summed E-state index contributed by atoms with van der Waals surface area (Å²) in [6.45, 7) is 3.70. The molecule has 2 unspecified atom stereocenters. The maximum atomic E-state index is 11.1. The fourth-order valence-corrected chi connectivity index (χ4v) is 3.41. The Morgan fingerprint density at radius 1 is 1.59 bits per heavy atom. The molecule has 4 heteroatoms. The molecule has 1 N–H and O–H groups in total. The van der Waals surface area contributed by atoms with Crippen molar-refractivity contribution in [3.05, 3.63) is 22.4 Å². The van der Waals surface area contributed by atoms with Gasteiger partial charge >= 0.3 is 0 Å². The standard InChI is InChI=1S/C13H20N2OS/c1-10(16)14-13-6-12(7-15(2)8-13)5-11-3-4-17-9-11/h3-4,9,12-13H,5-8H2,1-2H3,(H,14,16). The van der Waals surface area contributed by atoms with E-state index >= 15 is 0 Å². The number of piperidine rings is 1. The predicted octanol–water partition coefficient (Wildman–Crippen LogP) is 1.75. The van der Waals surface area contributed by atoms with Crippen LogP contribution in [-0.4, -0.2) is 37.0 Å². The van der Waals surface area contributed by atoms with Gasteiger partial charge in [-0.2, -0.15) is 11.3 Å². The van der Waals surface area contributed by atoms with Gasteiger partial charge in [0.05, 0.1) is 0 Å². The Balaban J connectivity index is 1.91. The van der Waals surface area contributed by atoms with Crippen LogP contribution in [0, 0.1) is 5.92 Å². The molecule has 0 aromatic carbocycles. The van der Waals surface area contributed by atoms with Crippen molar-refractivity contribution in [3.8, 4) is 0 Å². The summed E-state index contributed by atoms with van der Waals surface area (Å²) in [6.07, 6.45) is 2.23. The predicted molar refractivity (Wildman–Crippen MR) is 71.2 cm³/mol. The van der Waals surface area contributed by atoms with Gasteiger partial charge < -0.3 is 10.2 Å². The first-order valence-electron chi connectivity index (χ1n) is 6.10. The number of likely N-dealkylation sites (N-methyl/N-ethyl adjacent to an activating group) is 1. The van der Waals surface area contributed by atoms with Crippen molar-refractivity contribution in [3.63, 3.8) is 0 Å². The summed E-state index contributed by atoms with van der Waals surface area (Å²) in [5.41, 5.74) is 1.43. The second-order valence-electron chi connectivity index (χ2n) is 5.06. The van der Waals surface area contributed by atoms with E-state index in [0.717, 1.165) is 25.9 Å². The topological polar surface area (TPSA) is 32.3 Å². The van der Waals surface area contributed by atoms with Crippen LogP contribution < -0.4 is 5.32 Å². The zero-order valence-electron chi connectivity index (χ0n) is 10.5. The Morgan fingerprint density at radius 2 is 2.41 bits per heavy atom. The van der Waals surface area contributed by atoms with E-state index in [1.54, 1.807) is 18.3 Å². The van der Waals surface area contributed by atoms with E-state index in [9.17, 15) is 4.79 Å². The zero-order chi connectivity index (χ0) is 12.3. The second-order valence-corrected chi connectivity index (χ2v) is 5.84. The number of rotatable bonds is 3. The molecule has 1 amide bonds. The average molecular weight is 252 g/mol. The first kappa shape index (κ1) is 12.6. The normalized spacial score (nSPS) is 25.8. The molecule has 2 rings (SSSR count). The van der Waals surface area contributed by atoms with Crippen molar-refractivity contribution >= 4 is 17.2 Å². The molecule has 0 spiro atoms. The third kappa shape index (κ3) is 3.82. The van der Waals surface area contributed by atoms with Gasteiger partial charge in [0, 0.05) is 26.1 Å². The van der Waals surface area contributed by atoms with Crippen LogP contribution in [0.1, 0.15) is 18.9 Å². The molecule has 1 aromatic rings. The van der Waals surface area contributed by atoms with Crippen LogP contribution in [0.4, 0.5) is 0 Å². The number of hydrogen-bond acceptors (Lipinski definition) is 3. The molecular weight excluding hydrogens is 232 g/mol. The van der Waals surface area contributed by atoms with E-state index in [1.807, 2.05) is 0 Å². The van der Waals surface area contributed by atoms with Gasteiger partial charge in [0.2, 0.25) is 5.91 Å². The summed E-state index contributed by atoms with van der Waals surface area (Å²) in [4.78, 5) is 13.4. The lowest BCUT2D eigenvalue weighted by Crippen LogP contribution is -2.49. The fourth-order valence-electron chi connectivity index (χ4n) is 2.73. The monoisotopic (exact) mass is 252 g/mol. The minimum atomic E-state index is 0.0829. The Labute approximate surface area is 107 Å². The molecule has 1 aliphatic heterocycles. The van der Waals surface area contributed by atoms with E-state index < -0.39 is 0 Å². The summed E-state index contributed by atoms with van der Waals surface area (Å²) >= 11 is 1.76. The molecular formula is C13H20N2OS. The van der Waals surface area contributed by atoms with E-state index in [4.69, 9.17) is 0 Å². The number of hydrogen-bond donors (Lipinski definition) is 1. The van der Waals surface area contributed by atoms with Crippen LogP contribution in [0.25, 0.3) is 0 Å². The van der Waals surface area contributed by atoms with Crippen molar-refractivity contribution in [2.45, 2.75) is 25.8 Å². The highest BCUT2D eigenvalue weighted by molar-refractivity contribution is 7.07. The highest BCUT2D eigenvalue weighted by Crippen LogP contribution is 2.21. The molecule has 17 heavy (non-hydrogen) atoms. The smallest absolute Gasteiger partial charge is 0.217 e. The van der Waals surface area contributed by atoms with Crippen molar-refractivity contribution in [2.24, 2.45) is 5.92 Å². The van der Waals surface area contributed by atoms with Gasteiger partial charge in [0.1, 0.15) is 0 Å². The first-order chi connectivity index (χ1) is 8.13. The Bertz CT molecular complexity index is 364. The van der Waals surface area contributed by atoms with Crippen LogP contribution in [-0.2, 0) is 11.2 Å². The summed E-state index contributed by atoms with van der Waals surface area (Å²) < 4.78 is 0. The number of nitrogens with one attached hydrogen (secondary N) is 1. The number of carbonyl (C=O) groups excluding carboxylic acids is 1. The number of amides is 1. The first-order valence-corrected chi connectivity index (χ1v) is 7.04. The lowest BCUT2D eigenvalue weighted by molar-refractivity contribution is -0.120. The molecule has 94 valence electrons. The van der Waals surface area contributed by atoms with Gasteiger partial charge in [-0.3, -0.25) is 4.79 Å². The molecule has 0 bridgehead atoms. The molecule has 2 atom stereocenters. The molecule has 0 radical (unpaired) electrons. The Hall–Kier alpha value is -0.870. The van der Waals surface area contributed by atoms with Crippen molar-refractivity contribution in [1.82, 2.24) is 10.2 Å². The molecule has 2 heterocycles. The lowest BCUT2D eigenvalue weighted by Gasteiger charge is -2.35. The van der Waals surface area contributed by atoms with Crippen LogP contribution in [0.15, 0.2) is 16.8 Å². The van der Waals surface area contributed by atoms with Crippen molar-refractivity contribution in [1.29, 1.82) is 0 Å². The third-order valence-electron chi connectivity index (χ3n) is 3.23. The molecule has 1 aromatic heterocycles. The van der Waals surface area contributed by atoms with Crippen LogP contribution in [0.3, 0.4) is 0 Å². The Morgan fingerprint density at radius 3 is 3.06 bits per heavy atom. The largest absolute Gasteiger partial charge is 0.352 e. The lowest BCUT2D eigenvalue weighted by atomic mass is 9.90. The highest BCUT2D eigenvalue weighted by Gasteiger charge is 2.25. The minimum Gasteiger partial charge on any atom is -0.352 e. The SMILES string of the molecule is CC(=O)NC1CC(Cc2ccsc2)CN(C)C1. The van der Waals surface area contributed by atoms with E-state index in [1.165, 1.54) is 5.56 Å². The van der Waals surface area contributed by atoms with Crippen LogP contribution >= 0.6 is 11.3 Å². The zero-order valence-corrected chi connectivity index (χ0v) is 11.3. The molecule has 3 nitrogen and oxygen atoms in total. The van der Waals surface area contributed by atoms with Gasteiger partial charge in [0.15, 0.2) is 0 Å². The highest BCUT2D eigenvalue weighted by atomic mass is 32.1. The summed E-state index contributed by atoms with van der Waals surface area (Å²) in [5.74, 6) is 0.736. The fraction of sp³-hybridized carbons (Fsp3) is 0.615. The second kappa shape index (κ2) is 5.65. The molecule has 0 aliphatic carbocycles. The third-order valence-corrected chi connectivity index (χ3v) is 3.96. The van der Waals surface area contributed by atoms with E-state index in [2.05, 4.69) is 34.1 Å². The summed E-state index contributed by atoms with van der Waals surface area (Å²) in [7, 11) is 2.13. The van der Waals surface area contributed by atoms with Crippen LogP contribution in [0.5, 0.6) is 0 Å². The van der Waals surface area contributed by atoms with Crippen LogP contribution in [0.2, 0.25) is 0 Å². The molecule has 1 fully saturated rings. The van der Waals surface area contributed by atoms with E-state index in [-0.39, 0.29) is 5.91 Å². The maximum absolute atomic E-state index is 11.1. The number of likely N-dealkylation sites (tertiary alicyclic amines) is 1. The average Bonchev–Trinajstić information content (AvgIpc) is 2.67. The minimum absolute atomic E-state index is 0.0829. The van der Waals surface area contributed by atoms with Gasteiger partial charge in [-0.05, 0) is 48.2 Å². The van der Waals surface area contributed by atoms with Crippen molar-refractivity contribution < 1.29 is 4.79 Å². The summed E-state index contributed by atoms with van der Waals surface area (Å²) in [6, 6.07) is 2.52. The van der Waals surface area contributed by atoms with Crippen molar-refractivity contribution in [2.75, 3.05) is 20.1 Å². The molecule has 1 saturated heterocycles. The number of carbonyl (C=O) groups is 1. The molecule has 1 aliphatic rings. The Kier molecular flexibility index (Phi) is 4.18. The van der Waals surface area contributed by atoms with E-state index in [0.29, 0.717) is 12.0 Å². The maximum Gasteiger partial charge on any atom is 0.217 e. The summed E-state index contributed by atoms with van der Waals surface area (Å²) in [5, 5.41) is 7.40. The number of thiophene rings is 1. The van der Waals surface area contributed by atoms with Gasteiger partial charge in [0.25, 0.3) is 0 Å². The van der Waals surface area contributed by atoms with Gasteiger partial charge in [-0.25, -0.2) is 0 Å².